The Bertz CT molecular complexity index is 292. The third kappa shape index (κ3) is 3.62. The number of aryl methyl sites for hydroxylation is 1. The van der Waals surface area contributed by atoms with Crippen molar-refractivity contribution in [2.24, 2.45) is 0 Å². The second-order valence-electron chi connectivity index (χ2n) is 3.51. The van der Waals surface area contributed by atoms with Crippen LogP contribution in [0.1, 0.15) is 43.9 Å². The van der Waals surface area contributed by atoms with Crippen LogP contribution in [0.5, 0.6) is 0 Å². The van der Waals surface area contributed by atoms with Crippen molar-refractivity contribution in [2.75, 3.05) is 0 Å². The number of pyridine rings is 1. The summed E-state index contributed by atoms with van der Waals surface area (Å²) in [4.78, 5) is 4.16. The highest BCUT2D eigenvalue weighted by Gasteiger charge is 1.94. The van der Waals surface area contributed by atoms with Gasteiger partial charge in [-0.2, -0.15) is 0 Å². The van der Waals surface area contributed by atoms with Crippen molar-refractivity contribution in [2.45, 2.75) is 39.0 Å². The van der Waals surface area contributed by atoms with Gasteiger partial charge in [-0.1, -0.05) is 38.2 Å². The molecule has 0 fully saturated rings. The van der Waals surface area contributed by atoms with E-state index < -0.39 is 0 Å². The van der Waals surface area contributed by atoms with E-state index in [1.807, 2.05) is 12.3 Å². The van der Waals surface area contributed by atoms with E-state index >= 15 is 0 Å². The Labute approximate surface area is 86.6 Å². The molecule has 0 N–H and O–H groups in total. The lowest BCUT2D eigenvalue weighted by atomic mass is 10.1. The molecule has 14 heavy (non-hydrogen) atoms. The van der Waals surface area contributed by atoms with Gasteiger partial charge < -0.3 is 0 Å². The van der Waals surface area contributed by atoms with Crippen molar-refractivity contribution in [3.63, 3.8) is 0 Å². The van der Waals surface area contributed by atoms with E-state index in [2.05, 4.69) is 23.9 Å². The zero-order chi connectivity index (χ0) is 10.2. The maximum Gasteiger partial charge on any atom is 0.112 e. The average molecular weight is 187 g/mol. The summed E-state index contributed by atoms with van der Waals surface area (Å²) in [5.74, 6) is 2.52. The zero-order valence-electron chi connectivity index (χ0n) is 8.79. The molecule has 0 aromatic carbocycles. The van der Waals surface area contributed by atoms with Gasteiger partial charge in [0.15, 0.2) is 0 Å². The van der Waals surface area contributed by atoms with E-state index in [0.29, 0.717) is 0 Å². The Morgan fingerprint density at radius 3 is 2.71 bits per heavy atom. The Balaban J connectivity index is 2.33. The first-order valence-corrected chi connectivity index (χ1v) is 5.28. The molecule has 0 saturated carbocycles. The molecule has 0 unspecified atom stereocenters. The van der Waals surface area contributed by atoms with Crippen molar-refractivity contribution < 1.29 is 0 Å². The van der Waals surface area contributed by atoms with E-state index in [1.54, 1.807) is 0 Å². The molecule has 1 heteroatoms. The Morgan fingerprint density at radius 2 is 2.14 bits per heavy atom. The van der Waals surface area contributed by atoms with Gasteiger partial charge in [0.2, 0.25) is 0 Å². The summed E-state index contributed by atoms with van der Waals surface area (Å²) in [5, 5.41) is 0. The number of hydrogen-bond donors (Lipinski definition) is 0. The van der Waals surface area contributed by atoms with Crippen LogP contribution >= 0.6 is 0 Å². The monoisotopic (exact) mass is 187 g/mol. The summed E-state index contributed by atoms with van der Waals surface area (Å²) in [6.07, 6.45) is 13.4. The van der Waals surface area contributed by atoms with Gasteiger partial charge in [-0.25, -0.2) is 4.98 Å². The molecule has 1 rings (SSSR count). The minimum atomic E-state index is 0.724. The quantitative estimate of drug-likeness (QED) is 0.509. The highest BCUT2D eigenvalue weighted by molar-refractivity contribution is 5.26. The number of nitrogens with zero attached hydrogens (tertiary/aromatic N) is 1. The molecule has 0 spiro atoms. The van der Waals surface area contributed by atoms with Crippen LogP contribution in [0, 0.1) is 12.3 Å². The van der Waals surface area contributed by atoms with Crippen LogP contribution in [0.3, 0.4) is 0 Å². The SMILES string of the molecule is C#Cc1ccc(CCCCCC)cn1. The standard InChI is InChI=1S/C13H17N/c1-3-5-6-7-8-12-9-10-13(4-2)14-11-12/h2,9-11H,3,5-8H2,1H3. The molecular formula is C13H17N. The second-order valence-corrected chi connectivity index (χ2v) is 3.51. The molecule has 0 aliphatic rings. The van der Waals surface area contributed by atoms with Crippen LogP contribution in [0.4, 0.5) is 0 Å². The van der Waals surface area contributed by atoms with Crippen molar-refractivity contribution in [1.29, 1.82) is 0 Å². The zero-order valence-corrected chi connectivity index (χ0v) is 8.79. The van der Waals surface area contributed by atoms with Crippen molar-refractivity contribution in [1.82, 2.24) is 4.98 Å². The molecule has 1 heterocycles. The van der Waals surface area contributed by atoms with Crippen LogP contribution in [-0.4, -0.2) is 4.98 Å². The lowest BCUT2D eigenvalue weighted by Gasteiger charge is -2.00. The van der Waals surface area contributed by atoms with E-state index in [-0.39, 0.29) is 0 Å². The number of rotatable bonds is 5. The first kappa shape index (κ1) is 10.8. The van der Waals surface area contributed by atoms with E-state index in [9.17, 15) is 0 Å². The molecule has 1 aromatic rings. The predicted octanol–water partition coefficient (Wildman–Crippen LogP) is 3.19. The summed E-state index contributed by atoms with van der Waals surface area (Å²) in [6.45, 7) is 2.23. The van der Waals surface area contributed by atoms with E-state index in [4.69, 9.17) is 6.42 Å². The molecular weight excluding hydrogens is 170 g/mol. The van der Waals surface area contributed by atoms with Gasteiger partial charge >= 0.3 is 0 Å². The summed E-state index contributed by atoms with van der Waals surface area (Å²) in [5.41, 5.74) is 2.02. The van der Waals surface area contributed by atoms with Crippen molar-refractivity contribution in [3.8, 4) is 12.3 Å². The third-order valence-electron chi connectivity index (χ3n) is 2.29. The lowest BCUT2D eigenvalue weighted by molar-refractivity contribution is 0.666. The van der Waals surface area contributed by atoms with Gasteiger partial charge in [0.25, 0.3) is 0 Å². The van der Waals surface area contributed by atoms with E-state index in [0.717, 1.165) is 12.1 Å². The average Bonchev–Trinajstić information content (AvgIpc) is 2.25. The number of hydrogen-bond acceptors (Lipinski definition) is 1. The number of terminal acetylenes is 1. The summed E-state index contributed by atoms with van der Waals surface area (Å²) in [6, 6.07) is 3.99. The minimum Gasteiger partial charge on any atom is -0.248 e. The van der Waals surface area contributed by atoms with Gasteiger partial charge in [0.1, 0.15) is 5.69 Å². The Hall–Kier alpha value is -1.29. The van der Waals surface area contributed by atoms with Gasteiger partial charge in [0.05, 0.1) is 0 Å². The molecule has 1 nitrogen and oxygen atoms in total. The fourth-order valence-electron chi connectivity index (χ4n) is 1.41. The molecule has 1 aromatic heterocycles. The predicted molar refractivity (Wildman–Crippen MR) is 60.0 cm³/mol. The molecule has 0 bridgehead atoms. The molecule has 0 saturated heterocycles. The summed E-state index contributed by atoms with van der Waals surface area (Å²) < 4.78 is 0. The molecule has 0 amide bonds. The molecule has 0 aliphatic heterocycles. The van der Waals surface area contributed by atoms with Gasteiger partial charge in [-0.15, -0.1) is 6.42 Å². The Morgan fingerprint density at radius 1 is 1.29 bits per heavy atom. The molecule has 0 radical (unpaired) electrons. The largest absolute Gasteiger partial charge is 0.248 e. The number of unbranched alkanes of at least 4 members (excludes halogenated alkanes) is 3. The highest BCUT2D eigenvalue weighted by Crippen LogP contribution is 2.07. The van der Waals surface area contributed by atoms with Crippen molar-refractivity contribution in [3.05, 3.63) is 29.6 Å². The maximum atomic E-state index is 5.23. The van der Waals surface area contributed by atoms with Crippen LogP contribution in [0.15, 0.2) is 18.3 Å². The van der Waals surface area contributed by atoms with Gasteiger partial charge in [-0.05, 0) is 24.5 Å². The highest BCUT2D eigenvalue weighted by atomic mass is 14.7. The fourth-order valence-corrected chi connectivity index (χ4v) is 1.41. The molecule has 74 valence electrons. The lowest BCUT2D eigenvalue weighted by Crippen LogP contribution is -1.89. The smallest absolute Gasteiger partial charge is 0.112 e. The number of aromatic nitrogens is 1. The van der Waals surface area contributed by atoms with Crippen LogP contribution in [-0.2, 0) is 6.42 Å². The van der Waals surface area contributed by atoms with Crippen LogP contribution < -0.4 is 0 Å². The van der Waals surface area contributed by atoms with Crippen LogP contribution in [0.25, 0.3) is 0 Å². The second kappa shape index (κ2) is 6.21. The summed E-state index contributed by atoms with van der Waals surface area (Å²) >= 11 is 0. The first-order chi connectivity index (χ1) is 6.86. The summed E-state index contributed by atoms with van der Waals surface area (Å²) in [7, 11) is 0. The normalized spacial score (nSPS) is 9.71. The maximum absolute atomic E-state index is 5.23. The molecule has 0 aliphatic carbocycles. The first-order valence-electron chi connectivity index (χ1n) is 5.28. The van der Waals surface area contributed by atoms with Gasteiger partial charge in [-0.3, -0.25) is 0 Å². The third-order valence-corrected chi connectivity index (χ3v) is 2.29. The Kier molecular flexibility index (Phi) is 4.78. The van der Waals surface area contributed by atoms with Crippen LogP contribution in [0.2, 0.25) is 0 Å². The van der Waals surface area contributed by atoms with Gasteiger partial charge in [0, 0.05) is 6.20 Å². The van der Waals surface area contributed by atoms with E-state index in [1.165, 1.54) is 31.2 Å². The minimum absolute atomic E-state index is 0.724. The topological polar surface area (TPSA) is 12.9 Å². The molecule has 0 atom stereocenters. The fraction of sp³-hybridized carbons (Fsp3) is 0.462. The van der Waals surface area contributed by atoms with Crippen molar-refractivity contribution >= 4 is 0 Å².